The Morgan fingerprint density at radius 2 is 1.67 bits per heavy atom. The number of carbonyl (C=O) groups is 1. The van der Waals surface area contributed by atoms with Crippen molar-refractivity contribution in [3.05, 3.63) is 65.7 Å². The number of carbonyl (C=O) groups excluding carboxylic acids is 1. The first-order valence-electron chi connectivity index (χ1n) is 8.62. The van der Waals surface area contributed by atoms with E-state index in [-0.39, 0.29) is 22.6 Å². The fourth-order valence-corrected chi connectivity index (χ4v) is 3.51. The molecule has 10 heteroatoms. The highest BCUT2D eigenvalue weighted by Gasteiger charge is 2.25. The predicted octanol–water partition coefficient (Wildman–Crippen LogP) is 2.21. The van der Waals surface area contributed by atoms with Crippen LogP contribution in [-0.2, 0) is 14.3 Å². The van der Waals surface area contributed by atoms with Crippen LogP contribution in [0.3, 0.4) is 0 Å². The van der Waals surface area contributed by atoms with Crippen LogP contribution in [-0.4, -0.2) is 32.4 Å². The van der Waals surface area contributed by atoms with Gasteiger partial charge in [0, 0.05) is 11.3 Å². The van der Waals surface area contributed by atoms with Gasteiger partial charge in [-0.25, -0.2) is 4.79 Å². The largest absolute Gasteiger partial charge is 0.384 e. The Hall–Kier alpha value is -3.92. The molecule has 0 heterocycles. The van der Waals surface area contributed by atoms with E-state index in [1.807, 2.05) is 30.3 Å². The van der Waals surface area contributed by atoms with Gasteiger partial charge in [0.15, 0.2) is 5.96 Å². The van der Waals surface area contributed by atoms with Crippen LogP contribution >= 0.6 is 0 Å². The zero-order valence-electron chi connectivity index (χ0n) is 15.9. The van der Waals surface area contributed by atoms with Crippen LogP contribution in [0.1, 0.15) is 15.9 Å². The lowest BCUT2D eigenvalue weighted by atomic mass is 9.91. The molecule has 3 aromatic carbocycles. The Morgan fingerprint density at radius 1 is 1.00 bits per heavy atom. The van der Waals surface area contributed by atoms with Crippen molar-refractivity contribution in [2.45, 2.75) is 0 Å². The Kier molecular flexibility index (Phi) is 5.43. The molecule has 30 heavy (non-hydrogen) atoms. The van der Waals surface area contributed by atoms with E-state index in [0.717, 1.165) is 17.0 Å². The molecule has 0 bridgehead atoms. The van der Waals surface area contributed by atoms with E-state index in [9.17, 15) is 13.2 Å². The summed E-state index contributed by atoms with van der Waals surface area (Å²) >= 11 is 0. The number of amidine groups is 1. The van der Waals surface area contributed by atoms with Gasteiger partial charge in [0.2, 0.25) is 0 Å². The van der Waals surface area contributed by atoms with Gasteiger partial charge in [-0.15, -0.1) is 0 Å². The Morgan fingerprint density at radius 3 is 2.30 bits per heavy atom. The van der Waals surface area contributed by atoms with Crippen molar-refractivity contribution < 1.29 is 17.4 Å². The second kappa shape index (κ2) is 7.84. The molecule has 0 aromatic heterocycles. The van der Waals surface area contributed by atoms with E-state index < -0.39 is 21.9 Å². The predicted molar refractivity (Wildman–Crippen MR) is 116 cm³/mol. The molecule has 0 radical (unpaired) electrons. The molecule has 0 fully saturated rings. The number of nitrogens with two attached hydrogens (primary N) is 2. The number of nitrogens with one attached hydrogen (secondary N) is 3. The zero-order valence-corrected chi connectivity index (χ0v) is 16.7. The van der Waals surface area contributed by atoms with Crippen molar-refractivity contribution in [1.82, 2.24) is 0 Å². The fourth-order valence-electron chi connectivity index (χ4n) is 3.15. The molecule has 0 unspecified atom stereocenters. The van der Waals surface area contributed by atoms with Crippen LogP contribution in [0.5, 0.6) is 0 Å². The maximum atomic E-state index is 12.8. The van der Waals surface area contributed by atoms with E-state index >= 15 is 0 Å². The van der Waals surface area contributed by atoms with Crippen LogP contribution in [0.25, 0.3) is 21.9 Å². The van der Waals surface area contributed by atoms with Crippen LogP contribution in [0.15, 0.2) is 54.6 Å². The summed E-state index contributed by atoms with van der Waals surface area (Å²) in [7, 11) is -4.12. The summed E-state index contributed by atoms with van der Waals surface area (Å²) < 4.78 is 27.8. The van der Waals surface area contributed by atoms with E-state index in [0.29, 0.717) is 11.3 Å². The minimum atomic E-state index is -4.12. The second-order valence-electron chi connectivity index (χ2n) is 6.50. The van der Waals surface area contributed by atoms with Gasteiger partial charge in [0.25, 0.3) is 0 Å². The number of hydrogen-bond donors (Lipinski definition) is 5. The van der Waals surface area contributed by atoms with Crippen molar-refractivity contribution in [1.29, 1.82) is 10.8 Å². The van der Waals surface area contributed by atoms with Crippen LogP contribution < -0.4 is 16.8 Å². The van der Waals surface area contributed by atoms with Crippen molar-refractivity contribution in [2.75, 3.05) is 11.6 Å². The number of guanidine groups is 1. The molecule has 0 saturated heterocycles. The monoisotopic (exact) mass is 425 g/mol. The topological polar surface area (TPSA) is 172 Å². The highest BCUT2D eigenvalue weighted by atomic mass is 32.2. The van der Waals surface area contributed by atoms with Gasteiger partial charge in [0.05, 0.1) is 11.8 Å². The maximum absolute atomic E-state index is 12.8. The van der Waals surface area contributed by atoms with Crippen LogP contribution in [0.4, 0.5) is 5.69 Å². The average molecular weight is 425 g/mol. The molecule has 9 nitrogen and oxygen atoms in total. The third-order valence-electron chi connectivity index (χ3n) is 4.22. The summed E-state index contributed by atoms with van der Waals surface area (Å²) in [5.41, 5.74) is 12.0. The molecule has 0 aliphatic rings. The van der Waals surface area contributed by atoms with Crippen LogP contribution in [0, 0.1) is 10.8 Å². The summed E-state index contributed by atoms with van der Waals surface area (Å²) in [5.74, 6) is -2.01. The van der Waals surface area contributed by atoms with E-state index in [4.69, 9.17) is 22.3 Å². The van der Waals surface area contributed by atoms with Gasteiger partial charge in [-0.1, -0.05) is 42.5 Å². The fraction of sp³-hybridized carbons (Fsp3) is 0.0500. The molecule has 0 atom stereocenters. The van der Waals surface area contributed by atoms with Gasteiger partial charge in [0.1, 0.15) is 5.84 Å². The molecule has 3 rings (SSSR count). The van der Waals surface area contributed by atoms with Gasteiger partial charge in [-0.05, 0) is 34.0 Å². The molecule has 0 amide bonds. The normalized spacial score (nSPS) is 11.1. The summed E-state index contributed by atoms with van der Waals surface area (Å²) in [4.78, 5) is 12.8. The highest BCUT2D eigenvalue weighted by molar-refractivity contribution is 7.86. The van der Waals surface area contributed by atoms with E-state index in [1.54, 1.807) is 12.1 Å². The molecule has 0 saturated carbocycles. The van der Waals surface area contributed by atoms with Gasteiger partial charge >= 0.3 is 16.1 Å². The summed E-state index contributed by atoms with van der Waals surface area (Å²) in [6.45, 7) is 0. The smallest absolute Gasteiger partial charge is 0.355 e. The first-order chi connectivity index (χ1) is 14.1. The van der Waals surface area contributed by atoms with Crippen molar-refractivity contribution in [3.8, 4) is 11.1 Å². The Labute approximate surface area is 172 Å². The van der Waals surface area contributed by atoms with Gasteiger partial charge in [-0.2, -0.15) is 8.42 Å². The minimum absolute atomic E-state index is 0.0576. The van der Waals surface area contributed by atoms with Gasteiger partial charge < -0.3 is 21.0 Å². The first-order valence-corrected chi connectivity index (χ1v) is 10.4. The third-order valence-corrected chi connectivity index (χ3v) is 4.67. The lowest BCUT2D eigenvalue weighted by Crippen LogP contribution is -2.23. The lowest BCUT2D eigenvalue weighted by molar-refractivity contribution is 0.0749. The minimum Gasteiger partial charge on any atom is -0.384 e. The maximum Gasteiger partial charge on any atom is 0.355 e. The third kappa shape index (κ3) is 4.39. The van der Waals surface area contributed by atoms with Crippen molar-refractivity contribution >= 4 is 44.3 Å². The second-order valence-corrected chi connectivity index (χ2v) is 8.08. The molecule has 3 aromatic rings. The first kappa shape index (κ1) is 20.8. The summed E-state index contributed by atoms with van der Waals surface area (Å²) in [6, 6.07) is 15.7. The quantitative estimate of drug-likeness (QED) is 0.237. The van der Waals surface area contributed by atoms with Crippen LogP contribution in [0.2, 0.25) is 0 Å². The molecule has 7 N–H and O–H groups in total. The molecule has 0 aliphatic heterocycles. The average Bonchev–Trinajstić information content (AvgIpc) is 2.65. The number of hydrogen-bond acceptors (Lipinski definition) is 6. The van der Waals surface area contributed by atoms with Crippen molar-refractivity contribution in [2.24, 2.45) is 11.5 Å². The molecule has 0 aliphatic carbocycles. The lowest BCUT2D eigenvalue weighted by Gasteiger charge is -2.17. The molecular weight excluding hydrogens is 406 g/mol. The number of anilines is 1. The van der Waals surface area contributed by atoms with Crippen molar-refractivity contribution in [3.63, 3.8) is 0 Å². The summed E-state index contributed by atoms with van der Waals surface area (Å²) in [6.07, 6.45) is 0.752. The standard InChI is InChI=1S/C20H19N5O4S/c1-30(27,28)29-19(26)17-15(9-12(25-20(23)24)10-16(17)18(21)22)14-8-4-6-11-5-2-3-7-13(11)14/h2-10H,1H3,(H3,21,22)(H4,23,24,25). The Balaban J connectivity index is 2.40. The van der Waals surface area contributed by atoms with E-state index in [2.05, 4.69) is 9.50 Å². The number of nitrogen functional groups attached to an aromatic ring is 1. The van der Waals surface area contributed by atoms with Gasteiger partial charge in [-0.3, -0.25) is 10.8 Å². The SMILES string of the molecule is CS(=O)(=O)OC(=O)c1c(C(=N)N)cc(NC(=N)N)cc1-c1cccc2ccccc12. The zero-order chi connectivity index (χ0) is 22.1. The number of benzene rings is 3. The number of fused-ring (bicyclic) bond motifs is 1. The molecular formula is C20H19N5O4S. The Bertz CT molecular complexity index is 1300. The van der Waals surface area contributed by atoms with E-state index in [1.165, 1.54) is 12.1 Å². The molecule has 0 spiro atoms. The number of rotatable bonds is 5. The molecule has 154 valence electrons. The highest BCUT2D eigenvalue weighted by Crippen LogP contribution is 2.35. The summed E-state index contributed by atoms with van der Waals surface area (Å²) in [5, 5.41) is 19.7.